The van der Waals surface area contributed by atoms with E-state index in [0.717, 1.165) is 62.2 Å². The Bertz CT molecular complexity index is 670. The van der Waals surface area contributed by atoms with Crippen molar-refractivity contribution in [1.29, 1.82) is 0 Å². The number of fused-ring (bicyclic) bond motifs is 1. The zero-order valence-corrected chi connectivity index (χ0v) is 14.2. The summed E-state index contributed by atoms with van der Waals surface area (Å²) in [5.41, 5.74) is 1.88. The van der Waals surface area contributed by atoms with Crippen molar-refractivity contribution in [1.82, 2.24) is 15.2 Å². The summed E-state index contributed by atoms with van der Waals surface area (Å²) < 4.78 is 5.09. The lowest BCUT2D eigenvalue weighted by Crippen LogP contribution is -2.34. The SMILES string of the molecule is COCCCN1CCC(CNC(=O)Nc2ccc3[nH]ccc3c2)C1. The van der Waals surface area contributed by atoms with Crippen molar-refractivity contribution in [3.63, 3.8) is 0 Å². The molecule has 24 heavy (non-hydrogen) atoms. The number of hydrogen-bond acceptors (Lipinski definition) is 3. The van der Waals surface area contributed by atoms with Gasteiger partial charge in [-0.15, -0.1) is 0 Å². The first kappa shape index (κ1) is 16.8. The molecular formula is C18H26N4O2. The summed E-state index contributed by atoms with van der Waals surface area (Å²) in [4.78, 5) is 17.7. The lowest BCUT2D eigenvalue weighted by Gasteiger charge is -2.16. The highest BCUT2D eigenvalue weighted by atomic mass is 16.5. The Morgan fingerprint density at radius 2 is 2.33 bits per heavy atom. The fourth-order valence-corrected chi connectivity index (χ4v) is 3.26. The number of urea groups is 1. The van der Waals surface area contributed by atoms with Crippen LogP contribution in [0.2, 0.25) is 0 Å². The van der Waals surface area contributed by atoms with Crippen LogP contribution in [0.5, 0.6) is 0 Å². The Morgan fingerprint density at radius 3 is 3.21 bits per heavy atom. The van der Waals surface area contributed by atoms with E-state index < -0.39 is 0 Å². The van der Waals surface area contributed by atoms with E-state index in [1.54, 1.807) is 7.11 Å². The summed E-state index contributed by atoms with van der Waals surface area (Å²) in [6, 6.07) is 7.71. The number of aromatic amines is 1. The number of methoxy groups -OCH3 is 1. The van der Waals surface area contributed by atoms with E-state index in [2.05, 4.69) is 20.5 Å². The van der Waals surface area contributed by atoms with Crippen molar-refractivity contribution in [3.8, 4) is 0 Å². The molecule has 1 aromatic carbocycles. The molecular weight excluding hydrogens is 304 g/mol. The van der Waals surface area contributed by atoms with Crippen LogP contribution in [0.15, 0.2) is 30.5 Å². The topological polar surface area (TPSA) is 69.4 Å². The van der Waals surface area contributed by atoms with Crippen LogP contribution in [0.25, 0.3) is 10.9 Å². The smallest absolute Gasteiger partial charge is 0.319 e. The quantitative estimate of drug-likeness (QED) is 0.684. The molecule has 0 aliphatic carbocycles. The third-order valence-electron chi connectivity index (χ3n) is 4.56. The minimum absolute atomic E-state index is 0.136. The van der Waals surface area contributed by atoms with Crippen molar-refractivity contribution < 1.29 is 9.53 Å². The molecule has 1 fully saturated rings. The number of anilines is 1. The van der Waals surface area contributed by atoms with E-state index in [4.69, 9.17) is 4.74 Å². The fraction of sp³-hybridized carbons (Fsp3) is 0.500. The molecule has 0 spiro atoms. The van der Waals surface area contributed by atoms with Crippen LogP contribution in [0.4, 0.5) is 10.5 Å². The average Bonchev–Trinajstić information content (AvgIpc) is 3.22. The number of rotatable bonds is 7. The molecule has 2 aromatic rings. The van der Waals surface area contributed by atoms with Crippen LogP contribution >= 0.6 is 0 Å². The summed E-state index contributed by atoms with van der Waals surface area (Å²) in [5, 5.41) is 6.99. The molecule has 2 heterocycles. The monoisotopic (exact) mass is 330 g/mol. The highest BCUT2D eigenvalue weighted by Gasteiger charge is 2.22. The first-order valence-corrected chi connectivity index (χ1v) is 8.58. The van der Waals surface area contributed by atoms with Gasteiger partial charge in [0.25, 0.3) is 0 Å². The standard InChI is InChI=1S/C18H26N4O2/c1-24-10-2-8-22-9-6-14(13-22)12-20-18(23)21-16-3-4-17-15(11-16)5-7-19-17/h3-5,7,11,14,19H,2,6,8-10,12-13H2,1H3,(H2,20,21,23). The molecule has 0 radical (unpaired) electrons. The van der Waals surface area contributed by atoms with Crippen molar-refractivity contribution in [3.05, 3.63) is 30.5 Å². The first-order chi connectivity index (χ1) is 11.7. The van der Waals surface area contributed by atoms with Crippen molar-refractivity contribution in [2.24, 2.45) is 5.92 Å². The van der Waals surface area contributed by atoms with E-state index >= 15 is 0 Å². The van der Waals surface area contributed by atoms with Crippen LogP contribution in [0, 0.1) is 5.92 Å². The molecule has 2 amide bonds. The summed E-state index contributed by atoms with van der Waals surface area (Å²) in [5.74, 6) is 0.533. The fourth-order valence-electron chi connectivity index (χ4n) is 3.26. The van der Waals surface area contributed by atoms with Crippen LogP contribution in [-0.4, -0.2) is 55.8 Å². The predicted octanol–water partition coefficient (Wildman–Crippen LogP) is 2.65. The van der Waals surface area contributed by atoms with Gasteiger partial charge in [-0.1, -0.05) is 0 Å². The van der Waals surface area contributed by atoms with Gasteiger partial charge in [-0.3, -0.25) is 0 Å². The van der Waals surface area contributed by atoms with E-state index in [-0.39, 0.29) is 6.03 Å². The Morgan fingerprint density at radius 1 is 1.42 bits per heavy atom. The number of benzene rings is 1. The van der Waals surface area contributed by atoms with Crippen LogP contribution in [0.1, 0.15) is 12.8 Å². The maximum atomic E-state index is 12.1. The second-order valence-corrected chi connectivity index (χ2v) is 6.42. The lowest BCUT2D eigenvalue weighted by atomic mass is 10.1. The minimum atomic E-state index is -0.136. The zero-order valence-electron chi connectivity index (χ0n) is 14.2. The predicted molar refractivity (Wildman–Crippen MR) is 96.4 cm³/mol. The average molecular weight is 330 g/mol. The second-order valence-electron chi connectivity index (χ2n) is 6.42. The van der Waals surface area contributed by atoms with Gasteiger partial charge in [0.1, 0.15) is 0 Å². The number of hydrogen-bond donors (Lipinski definition) is 3. The number of nitrogens with zero attached hydrogens (tertiary/aromatic N) is 1. The van der Waals surface area contributed by atoms with E-state index in [0.29, 0.717) is 5.92 Å². The molecule has 1 aromatic heterocycles. The van der Waals surface area contributed by atoms with Gasteiger partial charge in [-0.2, -0.15) is 0 Å². The summed E-state index contributed by atoms with van der Waals surface area (Å²) in [7, 11) is 1.74. The highest BCUT2D eigenvalue weighted by Crippen LogP contribution is 2.18. The number of carbonyl (C=O) groups excluding carboxylic acids is 1. The Kier molecular flexibility index (Phi) is 5.72. The van der Waals surface area contributed by atoms with Crippen LogP contribution in [0.3, 0.4) is 0 Å². The van der Waals surface area contributed by atoms with Gasteiger partial charge in [0.2, 0.25) is 0 Å². The van der Waals surface area contributed by atoms with E-state index in [9.17, 15) is 4.79 Å². The lowest BCUT2D eigenvalue weighted by molar-refractivity contribution is 0.178. The number of nitrogens with one attached hydrogen (secondary N) is 3. The van der Waals surface area contributed by atoms with E-state index in [1.807, 2.05) is 30.5 Å². The van der Waals surface area contributed by atoms with E-state index in [1.165, 1.54) is 0 Å². The Hall–Kier alpha value is -2.05. The molecule has 6 nitrogen and oxygen atoms in total. The zero-order chi connectivity index (χ0) is 16.8. The van der Waals surface area contributed by atoms with Gasteiger partial charge < -0.3 is 25.3 Å². The maximum absolute atomic E-state index is 12.1. The molecule has 6 heteroatoms. The summed E-state index contributed by atoms with van der Waals surface area (Å²) in [6.45, 7) is 4.78. The van der Waals surface area contributed by atoms with Gasteiger partial charge in [0.05, 0.1) is 0 Å². The van der Waals surface area contributed by atoms with Crippen LogP contribution < -0.4 is 10.6 Å². The van der Waals surface area contributed by atoms with Gasteiger partial charge in [-0.25, -0.2) is 4.79 Å². The molecule has 0 bridgehead atoms. The molecule has 1 atom stereocenters. The number of carbonyl (C=O) groups is 1. The minimum Gasteiger partial charge on any atom is -0.385 e. The van der Waals surface area contributed by atoms with Crippen molar-refractivity contribution >= 4 is 22.6 Å². The number of H-pyrrole nitrogens is 1. The van der Waals surface area contributed by atoms with Crippen molar-refractivity contribution in [2.75, 3.05) is 45.2 Å². The Labute approximate surface area is 142 Å². The first-order valence-electron chi connectivity index (χ1n) is 8.58. The molecule has 130 valence electrons. The molecule has 1 unspecified atom stereocenters. The molecule has 1 aliphatic rings. The number of ether oxygens (including phenoxy) is 1. The number of likely N-dealkylation sites (tertiary alicyclic amines) is 1. The molecule has 1 aliphatic heterocycles. The number of amides is 2. The van der Waals surface area contributed by atoms with Gasteiger partial charge >= 0.3 is 6.03 Å². The molecule has 0 saturated carbocycles. The second kappa shape index (κ2) is 8.17. The molecule has 3 N–H and O–H groups in total. The third-order valence-corrected chi connectivity index (χ3v) is 4.56. The number of aromatic nitrogens is 1. The maximum Gasteiger partial charge on any atom is 0.319 e. The summed E-state index contributed by atoms with van der Waals surface area (Å²) in [6.07, 6.45) is 4.11. The van der Waals surface area contributed by atoms with Gasteiger partial charge in [-0.05, 0) is 49.6 Å². The van der Waals surface area contributed by atoms with Crippen molar-refractivity contribution in [2.45, 2.75) is 12.8 Å². The summed E-state index contributed by atoms with van der Waals surface area (Å²) >= 11 is 0. The molecule has 3 rings (SSSR count). The third kappa shape index (κ3) is 4.49. The normalized spacial score (nSPS) is 18.1. The van der Waals surface area contributed by atoms with Gasteiger partial charge in [0, 0.05) is 56.1 Å². The van der Waals surface area contributed by atoms with Gasteiger partial charge in [0.15, 0.2) is 0 Å². The van der Waals surface area contributed by atoms with Crippen LogP contribution in [-0.2, 0) is 4.74 Å². The largest absolute Gasteiger partial charge is 0.385 e. The Balaban J connectivity index is 1.39. The molecule has 1 saturated heterocycles. The highest BCUT2D eigenvalue weighted by molar-refractivity contribution is 5.92.